The van der Waals surface area contributed by atoms with E-state index in [4.69, 9.17) is 18.6 Å². The Morgan fingerprint density at radius 3 is 1.13 bits per heavy atom. The number of carboxylic acids is 2. The van der Waals surface area contributed by atoms with Crippen LogP contribution >= 0.6 is 0 Å². The lowest BCUT2D eigenvalue weighted by atomic mass is 10.4. The molecule has 0 aromatic carbocycles. The summed E-state index contributed by atoms with van der Waals surface area (Å²) in [4.78, 5) is 19.2. The van der Waals surface area contributed by atoms with Gasteiger partial charge in [-0.3, -0.25) is 9.59 Å². The summed E-state index contributed by atoms with van der Waals surface area (Å²) in [6, 6.07) is 0. The minimum Gasteiger partial charge on any atom is -0.481 e. The van der Waals surface area contributed by atoms with Gasteiger partial charge < -0.3 is 10.2 Å². The van der Waals surface area contributed by atoms with Crippen LogP contribution in [-0.2, 0) is 21.2 Å². The highest BCUT2D eigenvalue weighted by Gasteiger charge is 1.88. The standard InChI is InChI=1S/2C4H8O2.H2O2S/c2*1-2-3-4(5)6;1-3-2/h2*2-3H2,1H3,(H,5,6);3H2. The smallest absolute Gasteiger partial charge is 0.303 e. The van der Waals surface area contributed by atoms with E-state index in [0.29, 0.717) is 12.8 Å². The molecule has 0 rings (SSSR count). The van der Waals surface area contributed by atoms with Crippen LogP contribution in [0.15, 0.2) is 0 Å². The fourth-order valence-corrected chi connectivity index (χ4v) is 0.428. The molecule has 0 unspecified atom stereocenters. The van der Waals surface area contributed by atoms with E-state index in [-0.39, 0.29) is 0 Å². The average molecular weight is 242 g/mol. The minimum atomic E-state index is -1.42. The molecule has 0 saturated carbocycles. The number of hydrogen-bond donors (Lipinski definition) is 2. The number of carbonyl (C=O) groups is 2. The molecule has 0 amide bonds. The van der Waals surface area contributed by atoms with Gasteiger partial charge in [0.1, 0.15) is 11.6 Å². The Bertz CT molecular complexity index is 181. The molecule has 0 fully saturated rings. The van der Waals surface area contributed by atoms with Crippen molar-refractivity contribution in [3.05, 3.63) is 0 Å². The van der Waals surface area contributed by atoms with E-state index >= 15 is 0 Å². The lowest BCUT2D eigenvalue weighted by Gasteiger charge is -1.79. The second kappa shape index (κ2) is 18.6. The van der Waals surface area contributed by atoms with Crippen LogP contribution < -0.4 is 0 Å². The summed E-state index contributed by atoms with van der Waals surface area (Å²) in [5, 5.41) is 15.8. The molecule has 0 radical (unpaired) electrons. The SMILES string of the molecule is CCCC(=O)O.CCCC(=O)O.O=[SH2]=O. The molecule has 7 heteroatoms. The Kier molecular flexibility index (Phi) is 24.2. The summed E-state index contributed by atoms with van der Waals surface area (Å²) < 4.78 is 16.8. The van der Waals surface area contributed by atoms with E-state index in [2.05, 4.69) is 0 Å². The predicted octanol–water partition coefficient (Wildman–Crippen LogP) is 0.537. The Labute approximate surface area is 91.9 Å². The van der Waals surface area contributed by atoms with Gasteiger partial charge in [0.05, 0.1) is 0 Å². The highest BCUT2D eigenvalue weighted by Crippen LogP contribution is 1.82. The van der Waals surface area contributed by atoms with Crippen molar-refractivity contribution in [2.24, 2.45) is 0 Å². The van der Waals surface area contributed by atoms with Gasteiger partial charge >= 0.3 is 11.9 Å². The summed E-state index contributed by atoms with van der Waals surface area (Å²) in [6.07, 6.45) is 2.05. The first-order chi connectivity index (χ1) is 6.95. The second-order valence-electron chi connectivity index (χ2n) is 2.37. The minimum absolute atomic E-state index is 0.292. The van der Waals surface area contributed by atoms with E-state index in [1.807, 2.05) is 13.8 Å². The van der Waals surface area contributed by atoms with Gasteiger partial charge in [-0.2, -0.15) is 0 Å². The van der Waals surface area contributed by atoms with Crippen LogP contribution in [0, 0.1) is 0 Å². The van der Waals surface area contributed by atoms with Gasteiger partial charge in [-0.05, 0) is 12.8 Å². The van der Waals surface area contributed by atoms with E-state index in [1.54, 1.807) is 0 Å². The van der Waals surface area contributed by atoms with Crippen molar-refractivity contribution in [2.45, 2.75) is 39.5 Å². The molecule has 0 aromatic rings. The summed E-state index contributed by atoms with van der Waals surface area (Å²) in [5.74, 6) is -1.42. The quantitative estimate of drug-likeness (QED) is 0.744. The van der Waals surface area contributed by atoms with Crippen molar-refractivity contribution in [2.75, 3.05) is 0 Å². The fourth-order valence-electron chi connectivity index (χ4n) is 0.428. The van der Waals surface area contributed by atoms with Crippen LogP contribution in [0.5, 0.6) is 0 Å². The molecule has 0 aliphatic carbocycles. The summed E-state index contributed by atoms with van der Waals surface area (Å²) in [6.45, 7) is 3.68. The third-order valence-electron chi connectivity index (χ3n) is 0.928. The summed E-state index contributed by atoms with van der Waals surface area (Å²) in [5.41, 5.74) is 0. The molecule has 6 nitrogen and oxygen atoms in total. The molecule has 15 heavy (non-hydrogen) atoms. The molecular weight excluding hydrogens is 224 g/mol. The second-order valence-corrected chi connectivity index (χ2v) is 2.54. The van der Waals surface area contributed by atoms with Crippen molar-refractivity contribution in [1.82, 2.24) is 0 Å². The third kappa shape index (κ3) is 63.9. The Morgan fingerprint density at radius 1 is 0.933 bits per heavy atom. The van der Waals surface area contributed by atoms with Crippen LogP contribution in [0.25, 0.3) is 0 Å². The maximum atomic E-state index is 9.60. The number of hydrogen-bond acceptors (Lipinski definition) is 4. The summed E-state index contributed by atoms with van der Waals surface area (Å²) >= 11 is -1.42. The first-order valence-corrected chi connectivity index (χ1v) is 5.20. The molecular formula is C8H18O6S. The zero-order valence-corrected chi connectivity index (χ0v) is 9.86. The number of rotatable bonds is 4. The van der Waals surface area contributed by atoms with Gasteiger partial charge in [0, 0.05) is 12.8 Å². The van der Waals surface area contributed by atoms with Gasteiger partial charge in [-0.1, -0.05) is 13.8 Å². The third-order valence-corrected chi connectivity index (χ3v) is 0.928. The predicted molar refractivity (Wildman–Crippen MR) is 56.8 cm³/mol. The van der Waals surface area contributed by atoms with Gasteiger partial charge in [-0.15, -0.1) is 0 Å². The molecule has 0 aromatic heterocycles. The van der Waals surface area contributed by atoms with Crippen LogP contribution in [-0.4, -0.2) is 30.6 Å². The summed E-state index contributed by atoms with van der Waals surface area (Å²) in [7, 11) is 0. The largest absolute Gasteiger partial charge is 0.481 e. The average Bonchev–Trinajstić information content (AvgIpc) is 2.05. The number of carboxylic acid groups (broad SMARTS) is 2. The van der Waals surface area contributed by atoms with Crippen LogP contribution in [0.1, 0.15) is 39.5 Å². The molecule has 0 spiro atoms. The maximum absolute atomic E-state index is 9.60. The molecule has 0 atom stereocenters. The first kappa shape index (κ1) is 19.5. The highest BCUT2D eigenvalue weighted by molar-refractivity contribution is 7.51. The van der Waals surface area contributed by atoms with Gasteiger partial charge in [0.15, 0.2) is 0 Å². The molecule has 92 valence electrons. The molecule has 0 aliphatic heterocycles. The molecule has 0 aliphatic rings. The van der Waals surface area contributed by atoms with Crippen molar-refractivity contribution in [3.8, 4) is 0 Å². The molecule has 0 bridgehead atoms. The van der Waals surface area contributed by atoms with Crippen LogP contribution in [0.4, 0.5) is 0 Å². The Morgan fingerprint density at radius 2 is 1.13 bits per heavy atom. The maximum Gasteiger partial charge on any atom is 0.303 e. The lowest BCUT2D eigenvalue weighted by molar-refractivity contribution is -0.138. The van der Waals surface area contributed by atoms with Crippen molar-refractivity contribution in [1.29, 1.82) is 0 Å². The normalized spacial score (nSPS) is 7.60. The first-order valence-electron chi connectivity index (χ1n) is 4.39. The van der Waals surface area contributed by atoms with Crippen LogP contribution in [0.2, 0.25) is 0 Å². The van der Waals surface area contributed by atoms with Gasteiger partial charge in [0.2, 0.25) is 0 Å². The number of aliphatic carboxylic acids is 2. The van der Waals surface area contributed by atoms with E-state index in [1.165, 1.54) is 0 Å². The highest BCUT2D eigenvalue weighted by atomic mass is 32.1. The molecule has 0 saturated heterocycles. The topological polar surface area (TPSA) is 109 Å². The van der Waals surface area contributed by atoms with Crippen molar-refractivity contribution < 1.29 is 28.2 Å². The monoisotopic (exact) mass is 242 g/mol. The van der Waals surface area contributed by atoms with Gasteiger partial charge in [-0.25, -0.2) is 8.42 Å². The Balaban J connectivity index is -0.000000153. The molecule has 2 N–H and O–H groups in total. The fraction of sp³-hybridized carbons (Fsp3) is 0.750. The van der Waals surface area contributed by atoms with E-state index in [0.717, 1.165) is 12.8 Å². The lowest BCUT2D eigenvalue weighted by Crippen LogP contribution is -1.90. The van der Waals surface area contributed by atoms with Crippen molar-refractivity contribution >= 4 is 23.5 Å². The molecule has 0 heterocycles. The zero-order chi connectivity index (χ0) is 12.7. The zero-order valence-electron chi connectivity index (χ0n) is 8.86. The van der Waals surface area contributed by atoms with Gasteiger partial charge in [0.25, 0.3) is 0 Å². The van der Waals surface area contributed by atoms with Crippen molar-refractivity contribution in [3.63, 3.8) is 0 Å². The van der Waals surface area contributed by atoms with Crippen LogP contribution in [0.3, 0.4) is 0 Å². The van der Waals surface area contributed by atoms with E-state index < -0.39 is 23.5 Å². The Hall–Kier alpha value is -1.11. The van der Waals surface area contributed by atoms with E-state index in [9.17, 15) is 9.59 Å².